The molecule has 2 aliphatic heterocycles. The van der Waals surface area contributed by atoms with Crippen LogP contribution in [0.25, 0.3) is 0 Å². The lowest BCUT2D eigenvalue weighted by molar-refractivity contribution is -0.333. The summed E-state index contributed by atoms with van der Waals surface area (Å²) in [7, 11) is 0. The molecule has 70 heavy (non-hydrogen) atoms. The third-order valence-electron chi connectivity index (χ3n) is 10.9. The molecule has 398 valence electrons. The molecule has 0 radical (unpaired) electrons. The average Bonchev–Trinajstić information content (AvgIpc) is 3.27. The van der Waals surface area contributed by atoms with Gasteiger partial charge in [-0.2, -0.15) is 0 Å². The van der Waals surface area contributed by atoms with Crippen molar-refractivity contribution in [2.24, 2.45) is 11.5 Å². The van der Waals surface area contributed by atoms with Gasteiger partial charge in [0.25, 0.3) is 0 Å². The molecule has 0 bridgehead atoms. The van der Waals surface area contributed by atoms with Crippen molar-refractivity contribution in [3.05, 3.63) is 0 Å². The summed E-state index contributed by atoms with van der Waals surface area (Å²) in [5.41, 5.74) is 11.0. The zero-order chi connectivity index (χ0) is 53.2. The maximum atomic E-state index is 13.5. The summed E-state index contributed by atoms with van der Waals surface area (Å²) in [5.74, 6) is -9.62. The van der Waals surface area contributed by atoms with Crippen LogP contribution in [0.3, 0.4) is 0 Å². The van der Waals surface area contributed by atoms with Crippen LogP contribution in [0, 0.1) is 0 Å². The lowest BCUT2D eigenvalue weighted by atomic mass is 9.94. The van der Waals surface area contributed by atoms with Crippen LogP contribution in [0.1, 0.15) is 73.1 Å². The van der Waals surface area contributed by atoms with Gasteiger partial charge in [0.05, 0.1) is 25.7 Å². The fourth-order valence-electron chi connectivity index (χ4n) is 7.08. The van der Waals surface area contributed by atoms with Gasteiger partial charge in [-0.3, -0.25) is 47.9 Å². The van der Waals surface area contributed by atoms with Gasteiger partial charge in [0.15, 0.2) is 12.6 Å². The van der Waals surface area contributed by atoms with E-state index in [0.717, 1.165) is 13.8 Å². The van der Waals surface area contributed by atoms with Crippen molar-refractivity contribution in [2.45, 2.75) is 171 Å². The van der Waals surface area contributed by atoms with Gasteiger partial charge >= 0.3 is 11.9 Å². The van der Waals surface area contributed by atoms with Crippen LogP contribution in [-0.4, -0.2) is 212 Å². The standard InChI is InChI=1S/C40H67N9O21/c1-15(34(60)49-21(33(42)59)9-10-25(54)48-22(37(63)45-16(2)38(64)65)8-6-7-11-43-36(62)20(41)12-26(55)56)44-35(61)17(3)67-32-28(47-19(5)53)39(66)68-24(14-51)31(32)70-40-27(46-18(4)52)30(58)29(57)23(13-50)69-40/h15-17,20-24,27-32,39-40,50-51,57-58,66H,6-14,41H2,1-5H3,(H2,42,59)(H,43,62)(H,44,61)(H,45,63)(H,46,52)(H,47,53)(H,48,54)(H,49,60)(H,55,56)(H,64,65). The first-order valence-electron chi connectivity index (χ1n) is 22.1. The molecular formula is C40H67N9O21. The maximum absolute atomic E-state index is 13.5. The fraction of sp³-hybridized carbons (Fsp3) is 0.750. The average molecular weight is 1010 g/mol. The Morgan fingerprint density at radius 1 is 0.671 bits per heavy atom. The number of amides is 8. The summed E-state index contributed by atoms with van der Waals surface area (Å²) in [6, 6.07) is -9.99. The molecule has 16 atom stereocenters. The molecule has 2 heterocycles. The number of nitrogens with one attached hydrogen (secondary N) is 7. The van der Waals surface area contributed by atoms with E-state index in [9.17, 15) is 78.6 Å². The first-order valence-corrected chi connectivity index (χ1v) is 22.1. The summed E-state index contributed by atoms with van der Waals surface area (Å²) in [6.45, 7) is 4.03. The monoisotopic (exact) mass is 1010 g/mol. The number of aliphatic hydroxyl groups excluding tert-OH is 5. The van der Waals surface area contributed by atoms with E-state index in [-0.39, 0.29) is 25.8 Å². The van der Waals surface area contributed by atoms with E-state index in [0.29, 0.717) is 0 Å². The molecule has 8 amide bonds. The topological polar surface area (TPSA) is 485 Å². The number of ether oxygens (including phenoxy) is 4. The number of primary amides is 1. The van der Waals surface area contributed by atoms with E-state index in [2.05, 4.69) is 37.2 Å². The van der Waals surface area contributed by atoms with Gasteiger partial charge in [-0.15, -0.1) is 0 Å². The van der Waals surface area contributed by atoms with Crippen molar-refractivity contribution in [3.8, 4) is 0 Å². The predicted octanol–water partition coefficient (Wildman–Crippen LogP) is -8.28. The number of carboxylic acids is 2. The molecule has 30 nitrogen and oxygen atoms in total. The molecule has 16 unspecified atom stereocenters. The van der Waals surface area contributed by atoms with Crippen LogP contribution in [-0.2, 0) is 66.9 Å². The van der Waals surface area contributed by atoms with Crippen LogP contribution >= 0.6 is 0 Å². The van der Waals surface area contributed by atoms with Crippen molar-refractivity contribution in [3.63, 3.8) is 0 Å². The Labute approximate surface area is 400 Å². The highest BCUT2D eigenvalue weighted by molar-refractivity contribution is 5.93. The number of unbranched alkanes of at least 4 members (excludes halogenated alkanes) is 1. The van der Waals surface area contributed by atoms with E-state index < -0.39 is 189 Å². The first kappa shape index (κ1) is 60.4. The van der Waals surface area contributed by atoms with Gasteiger partial charge in [-0.25, -0.2) is 0 Å². The number of carboxylic acid groups (broad SMARTS) is 2. The third kappa shape index (κ3) is 18.9. The SMILES string of the molecule is CC(=O)NC1C(OC2C(CO)OC(O)C(NC(C)=O)C2OC(C)C(=O)NC(C)C(=O)NC(CCC(=O)NC(CCCCNC(=O)C(N)CC(=O)O)C(=O)NC(C)C(=O)O)C(N)=O)OC(CO)C(O)C1O. The van der Waals surface area contributed by atoms with E-state index in [1.807, 2.05) is 0 Å². The second kappa shape index (κ2) is 28.8. The highest BCUT2D eigenvalue weighted by Gasteiger charge is 2.53. The smallest absolute Gasteiger partial charge is 0.325 e. The number of carbonyl (C=O) groups is 10. The molecule has 2 rings (SSSR count). The number of hydrogen-bond donors (Lipinski definition) is 16. The molecule has 0 aromatic carbocycles. The van der Waals surface area contributed by atoms with Crippen LogP contribution in [0.15, 0.2) is 0 Å². The predicted molar refractivity (Wildman–Crippen MR) is 232 cm³/mol. The second-order valence-electron chi connectivity index (χ2n) is 16.7. The number of aliphatic hydroxyl groups is 5. The number of carbonyl (C=O) groups excluding carboxylic acids is 8. The number of nitrogens with two attached hydrogens (primary N) is 2. The Bertz CT molecular complexity index is 1850. The summed E-state index contributed by atoms with van der Waals surface area (Å²) in [6.07, 6.45) is -16.1. The Morgan fingerprint density at radius 3 is 1.83 bits per heavy atom. The first-order chi connectivity index (χ1) is 32.7. The van der Waals surface area contributed by atoms with Crippen molar-refractivity contribution < 1.29 is 103 Å². The quantitative estimate of drug-likeness (QED) is 0.0324. The van der Waals surface area contributed by atoms with Crippen molar-refractivity contribution in [2.75, 3.05) is 19.8 Å². The zero-order valence-electron chi connectivity index (χ0n) is 39.1. The van der Waals surface area contributed by atoms with Crippen LogP contribution < -0.4 is 48.7 Å². The van der Waals surface area contributed by atoms with Gasteiger partial charge in [0.1, 0.15) is 79.0 Å². The van der Waals surface area contributed by atoms with Gasteiger partial charge in [-0.1, -0.05) is 0 Å². The van der Waals surface area contributed by atoms with Crippen LogP contribution in [0.5, 0.6) is 0 Å². The Balaban J connectivity index is 2.17. The van der Waals surface area contributed by atoms with E-state index in [1.54, 1.807) is 0 Å². The van der Waals surface area contributed by atoms with Gasteiger partial charge < -0.3 is 103 Å². The Hall–Kier alpha value is -5.70. The molecule has 0 spiro atoms. The summed E-state index contributed by atoms with van der Waals surface area (Å²) >= 11 is 0. The molecule has 0 aromatic heterocycles. The Kier molecular flexibility index (Phi) is 24.9. The highest BCUT2D eigenvalue weighted by atomic mass is 16.7. The fourth-order valence-corrected chi connectivity index (χ4v) is 7.08. The molecule has 2 fully saturated rings. The lowest BCUT2D eigenvalue weighted by Crippen LogP contribution is -2.70. The normalized spacial score (nSPS) is 26.8. The minimum atomic E-state index is -1.90. The minimum absolute atomic E-state index is 0.0234. The molecule has 2 aliphatic rings. The second-order valence-corrected chi connectivity index (χ2v) is 16.7. The molecule has 30 heteroatoms. The molecule has 0 aromatic rings. The molecule has 0 aliphatic carbocycles. The molecule has 18 N–H and O–H groups in total. The summed E-state index contributed by atoms with van der Waals surface area (Å²) < 4.78 is 23.2. The number of hydrogen-bond acceptors (Lipinski definition) is 20. The van der Waals surface area contributed by atoms with E-state index in [1.165, 1.54) is 20.8 Å². The van der Waals surface area contributed by atoms with Crippen molar-refractivity contribution in [1.29, 1.82) is 0 Å². The number of aliphatic carboxylic acids is 2. The maximum Gasteiger partial charge on any atom is 0.325 e. The van der Waals surface area contributed by atoms with E-state index in [4.69, 9.17) is 35.5 Å². The highest BCUT2D eigenvalue weighted by Crippen LogP contribution is 2.31. The largest absolute Gasteiger partial charge is 0.481 e. The minimum Gasteiger partial charge on any atom is -0.481 e. The molecule has 0 saturated carbocycles. The van der Waals surface area contributed by atoms with E-state index >= 15 is 0 Å². The zero-order valence-corrected chi connectivity index (χ0v) is 39.1. The number of rotatable bonds is 28. The van der Waals surface area contributed by atoms with Gasteiger partial charge in [0.2, 0.25) is 47.3 Å². The molecule has 2 saturated heterocycles. The van der Waals surface area contributed by atoms with Crippen LogP contribution in [0.4, 0.5) is 0 Å². The molecular weight excluding hydrogens is 942 g/mol. The van der Waals surface area contributed by atoms with Crippen molar-refractivity contribution >= 4 is 59.2 Å². The van der Waals surface area contributed by atoms with Crippen LogP contribution in [0.2, 0.25) is 0 Å². The Morgan fingerprint density at radius 2 is 1.27 bits per heavy atom. The summed E-state index contributed by atoms with van der Waals surface area (Å²) in [5, 5.41) is 86.8. The summed E-state index contributed by atoms with van der Waals surface area (Å²) in [4.78, 5) is 124. The van der Waals surface area contributed by atoms with Crippen molar-refractivity contribution in [1.82, 2.24) is 37.2 Å². The van der Waals surface area contributed by atoms with Gasteiger partial charge in [-0.05, 0) is 46.5 Å². The van der Waals surface area contributed by atoms with Gasteiger partial charge in [0, 0.05) is 26.8 Å². The third-order valence-corrected chi connectivity index (χ3v) is 10.9. The lowest BCUT2D eigenvalue weighted by Gasteiger charge is -2.48.